The Morgan fingerprint density at radius 3 is 2.67 bits per heavy atom. The molecule has 78 valence electrons. The van der Waals surface area contributed by atoms with Crippen molar-refractivity contribution in [2.75, 3.05) is 0 Å². The molecular weight excluding hydrogens is 210 g/mol. The van der Waals surface area contributed by atoms with Crippen LogP contribution < -0.4 is 0 Å². The molecule has 0 spiro atoms. The number of aliphatic imine (C=N–C) groups is 1. The molecule has 0 aromatic heterocycles. The van der Waals surface area contributed by atoms with Crippen LogP contribution in [0.1, 0.15) is 12.0 Å². The molecule has 1 N–H and O–H groups in total. The lowest BCUT2D eigenvalue weighted by Crippen LogP contribution is -2.18. The fourth-order valence-electron chi connectivity index (χ4n) is 1.25. The lowest BCUT2D eigenvalue weighted by atomic mass is 10.1. The predicted octanol–water partition coefficient (Wildman–Crippen LogP) is 2.18. The number of hydrogen-bond donors (Lipinski definition) is 1. The Kier molecular flexibility index (Phi) is 4.68. The fourth-order valence-corrected chi connectivity index (χ4v) is 1.38. The van der Waals surface area contributed by atoms with Gasteiger partial charge in [0, 0.05) is 0 Å². The Bertz CT molecular complexity index is 369. The predicted molar refractivity (Wildman–Crippen MR) is 61.2 cm³/mol. The molecule has 0 heterocycles. The Morgan fingerprint density at radius 2 is 2.13 bits per heavy atom. The first kappa shape index (κ1) is 11.6. The standard InChI is InChI=1S/C11H11NO2S/c13-11(14)10(12-8-15)7-6-9-4-2-1-3-5-9/h1-5,10H,6-7H2,(H,13,14). The smallest absolute Gasteiger partial charge is 0.329 e. The molecule has 0 aliphatic heterocycles. The number of thiocarbonyl (C=S) groups is 1. The van der Waals surface area contributed by atoms with Gasteiger partial charge in [-0.1, -0.05) is 30.3 Å². The topological polar surface area (TPSA) is 49.7 Å². The normalized spacial score (nSPS) is 11.5. The molecular formula is C11H11NO2S. The Hall–Kier alpha value is -1.51. The first-order chi connectivity index (χ1) is 7.24. The number of rotatable bonds is 5. The van der Waals surface area contributed by atoms with Crippen molar-refractivity contribution in [3.8, 4) is 0 Å². The Balaban J connectivity index is 2.54. The molecule has 0 aliphatic rings. The minimum absolute atomic E-state index is 0.447. The van der Waals surface area contributed by atoms with Crippen molar-refractivity contribution in [3.63, 3.8) is 0 Å². The minimum atomic E-state index is -0.955. The van der Waals surface area contributed by atoms with Crippen LogP contribution in [0.15, 0.2) is 35.3 Å². The summed E-state index contributed by atoms with van der Waals surface area (Å²) in [5, 5.41) is 10.9. The minimum Gasteiger partial charge on any atom is -0.480 e. The van der Waals surface area contributed by atoms with Crippen LogP contribution in [0.25, 0.3) is 0 Å². The molecule has 1 unspecified atom stereocenters. The van der Waals surface area contributed by atoms with Gasteiger partial charge in [0.1, 0.15) is 0 Å². The maximum atomic E-state index is 10.7. The van der Waals surface area contributed by atoms with Crippen LogP contribution in [0.4, 0.5) is 0 Å². The van der Waals surface area contributed by atoms with Crippen LogP contribution in [0.5, 0.6) is 0 Å². The molecule has 1 rings (SSSR count). The summed E-state index contributed by atoms with van der Waals surface area (Å²) in [7, 11) is 0. The molecule has 0 fully saturated rings. The number of nitrogens with zero attached hydrogens (tertiary/aromatic N) is 1. The van der Waals surface area contributed by atoms with E-state index in [1.165, 1.54) is 0 Å². The Morgan fingerprint density at radius 1 is 1.47 bits per heavy atom. The van der Waals surface area contributed by atoms with Crippen LogP contribution in [-0.4, -0.2) is 22.3 Å². The molecule has 0 saturated heterocycles. The quantitative estimate of drug-likeness (QED) is 0.612. The number of carbonyl (C=O) groups is 1. The van der Waals surface area contributed by atoms with Gasteiger partial charge in [0.15, 0.2) is 6.04 Å². The highest BCUT2D eigenvalue weighted by Crippen LogP contribution is 2.07. The van der Waals surface area contributed by atoms with Gasteiger partial charge in [-0.2, -0.15) is 0 Å². The highest BCUT2D eigenvalue weighted by atomic mass is 32.1. The van der Waals surface area contributed by atoms with E-state index in [-0.39, 0.29) is 0 Å². The molecule has 4 heteroatoms. The molecule has 3 nitrogen and oxygen atoms in total. The SMILES string of the molecule is O=C(O)C(CCc1ccccc1)N=C=S. The van der Waals surface area contributed by atoms with E-state index in [1.54, 1.807) is 0 Å². The third kappa shape index (κ3) is 4.02. The van der Waals surface area contributed by atoms with Gasteiger partial charge in [-0.15, -0.1) is 0 Å². The molecule has 0 amide bonds. The highest BCUT2D eigenvalue weighted by molar-refractivity contribution is 7.78. The van der Waals surface area contributed by atoms with Crippen molar-refractivity contribution in [2.24, 2.45) is 4.99 Å². The van der Waals surface area contributed by atoms with Gasteiger partial charge in [0.25, 0.3) is 0 Å². The van der Waals surface area contributed by atoms with Crippen LogP contribution in [0.2, 0.25) is 0 Å². The summed E-state index contributed by atoms with van der Waals surface area (Å²) < 4.78 is 0. The van der Waals surface area contributed by atoms with E-state index >= 15 is 0 Å². The zero-order valence-electron chi connectivity index (χ0n) is 8.09. The second kappa shape index (κ2) is 6.06. The molecule has 0 bridgehead atoms. The van der Waals surface area contributed by atoms with Gasteiger partial charge in [0.2, 0.25) is 0 Å². The van der Waals surface area contributed by atoms with E-state index in [0.29, 0.717) is 12.8 Å². The van der Waals surface area contributed by atoms with E-state index < -0.39 is 12.0 Å². The van der Waals surface area contributed by atoms with Gasteiger partial charge < -0.3 is 5.11 Å². The summed E-state index contributed by atoms with van der Waals surface area (Å²) in [5.74, 6) is -0.955. The van der Waals surface area contributed by atoms with Crippen LogP contribution in [-0.2, 0) is 11.2 Å². The molecule has 1 aromatic rings. The van der Waals surface area contributed by atoms with Crippen molar-refractivity contribution in [3.05, 3.63) is 35.9 Å². The first-order valence-electron chi connectivity index (χ1n) is 4.57. The third-order valence-electron chi connectivity index (χ3n) is 2.04. The average Bonchev–Trinajstić information content (AvgIpc) is 2.25. The van der Waals surface area contributed by atoms with Gasteiger partial charge in [0.05, 0.1) is 5.16 Å². The highest BCUT2D eigenvalue weighted by Gasteiger charge is 2.14. The summed E-state index contributed by atoms with van der Waals surface area (Å²) >= 11 is 4.40. The summed E-state index contributed by atoms with van der Waals surface area (Å²) in [6, 6.07) is 8.91. The first-order valence-corrected chi connectivity index (χ1v) is 4.98. The van der Waals surface area contributed by atoms with Crippen molar-refractivity contribution in [2.45, 2.75) is 18.9 Å². The monoisotopic (exact) mass is 221 g/mol. The van der Waals surface area contributed by atoms with E-state index in [0.717, 1.165) is 5.56 Å². The summed E-state index contributed by atoms with van der Waals surface area (Å²) in [6.07, 6.45) is 1.13. The molecule has 1 atom stereocenters. The van der Waals surface area contributed by atoms with Gasteiger partial charge in [-0.05, 0) is 30.6 Å². The summed E-state index contributed by atoms with van der Waals surface area (Å²) in [6.45, 7) is 0. The maximum absolute atomic E-state index is 10.7. The number of isothiocyanates is 1. The number of carboxylic acids is 1. The molecule has 0 aliphatic carbocycles. The van der Waals surface area contributed by atoms with E-state index in [4.69, 9.17) is 5.11 Å². The molecule has 0 radical (unpaired) electrons. The molecule has 15 heavy (non-hydrogen) atoms. The number of benzene rings is 1. The fraction of sp³-hybridized carbons (Fsp3) is 0.273. The lowest BCUT2D eigenvalue weighted by molar-refractivity contribution is -0.138. The number of hydrogen-bond acceptors (Lipinski definition) is 3. The van der Waals surface area contributed by atoms with E-state index in [1.807, 2.05) is 30.3 Å². The van der Waals surface area contributed by atoms with Gasteiger partial charge in [-0.3, -0.25) is 0 Å². The van der Waals surface area contributed by atoms with Crippen molar-refractivity contribution in [1.29, 1.82) is 0 Å². The molecule has 0 saturated carbocycles. The number of carboxylic acid groups (broad SMARTS) is 1. The second-order valence-corrected chi connectivity index (χ2v) is 3.28. The second-order valence-electron chi connectivity index (χ2n) is 3.10. The number of aliphatic carboxylic acids is 1. The van der Waals surface area contributed by atoms with Gasteiger partial charge >= 0.3 is 5.97 Å². The van der Waals surface area contributed by atoms with Crippen molar-refractivity contribution < 1.29 is 9.90 Å². The number of aryl methyl sites for hydroxylation is 1. The molecule has 1 aromatic carbocycles. The van der Waals surface area contributed by atoms with Crippen molar-refractivity contribution in [1.82, 2.24) is 0 Å². The van der Waals surface area contributed by atoms with Crippen LogP contribution in [0, 0.1) is 0 Å². The van der Waals surface area contributed by atoms with Gasteiger partial charge in [-0.25, -0.2) is 9.79 Å². The van der Waals surface area contributed by atoms with Crippen LogP contribution in [0.3, 0.4) is 0 Å². The zero-order chi connectivity index (χ0) is 11.1. The van der Waals surface area contributed by atoms with Crippen LogP contribution >= 0.6 is 12.2 Å². The third-order valence-corrected chi connectivity index (χ3v) is 2.15. The van der Waals surface area contributed by atoms with Crippen molar-refractivity contribution >= 4 is 23.3 Å². The summed E-state index contributed by atoms with van der Waals surface area (Å²) in [4.78, 5) is 14.3. The van der Waals surface area contributed by atoms with E-state index in [9.17, 15) is 4.79 Å². The zero-order valence-corrected chi connectivity index (χ0v) is 8.91. The largest absolute Gasteiger partial charge is 0.480 e. The Labute approximate surface area is 93.5 Å². The average molecular weight is 221 g/mol. The summed E-state index contributed by atoms with van der Waals surface area (Å²) in [5.41, 5.74) is 1.10. The van der Waals surface area contributed by atoms with E-state index in [2.05, 4.69) is 22.4 Å². The lowest BCUT2D eigenvalue weighted by Gasteiger charge is -2.05. The maximum Gasteiger partial charge on any atom is 0.329 e.